The lowest BCUT2D eigenvalue weighted by atomic mass is 9.97. The summed E-state index contributed by atoms with van der Waals surface area (Å²) in [5.41, 5.74) is 5.00. The number of rotatable bonds is 2. The van der Waals surface area contributed by atoms with Crippen LogP contribution in [0.1, 0.15) is 5.56 Å². The van der Waals surface area contributed by atoms with Crippen LogP contribution in [0.3, 0.4) is 0 Å². The number of nitriles is 1. The van der Waals surface area contributed by atoms with E-state index in [1.807, 2.05) is 60.7 Å². The highest BCUT2D eigenvalue weighted by molar-refractivity contribution is 6.13. The SMILES string of the molecule is N#Cc1ccc2c(oc3c(-c4ccc(F)cn4)cccc32)c1-c1ccccc1. The van der Waals surface area contributed by atoms with E-state index in [-0.39, 0.29) is 5.82 Å². The maximum absolute atomic E-state index is 13.3. The number of hydrogen-bond donors (Lipinski definition) is 0. The van der Waals surface area contributed by atoms with Crippen molar-refractivity contribution in [2.75, 3.05) is 0 Å². The molecule has 0 N–H and O–H groups in total. The van der Waals surface area contributed by atoms with Gasteiger partial charge in [0.15, 0.2) is 0 Å². The molecule has 0 radical (unpaired) electrons. The van der Waals surface area contributed by atoms with Crippen LogP contribution in [0.25, 0.3) is 44.3 Å². The number of para-hydroxylation sites is 1. The van der Waals surface area contributed by atoms with E-state index < -0.39 is 0 Å². The molecule has 28 heavy (non-hydrogen) atoms. The Kier molecular flexibility index (Phi) is 3.67. The van der Waals surface area contributed by atoms with E-state index in [1.54, 1.807) is 6.07 Å². The molecule has 0 saturated heterocycles. The fourth-order valence-electron chi connectivity index (χ4n) is 3.58. The Morgan fingerprint density at radius 1 is 0.821 bits per heavy atom. The molecule has 0 aliphatic carbocycles. The number of benzene rings is 3. The minimum atomic E-state index is -0.384. The van der Waals surface area contributed by atoms with Crippen molar-refractivity contribution >= 4 is 21.9 Å². The van der Waals surface area contributed by atoms with E-state index in [2.05, 4.69) is 11.1 Å². The van der Waals surface area contributed by atoms with E-state index >= 15 is 0 Å². The maximum atomic E-state index is 13.3. The summed E-state index contributed by atoms with van der Waals surface area (Å²) >= 11 is 0. The number of nitrogens with zero attached hydrogens (tertiary/aromatic N) is 2. The second-order valence-electron chi connectivity index (χ2n) is 6.49. The largest absolute Gasteiger partial charge is 0.455 e. The first-order chi connectivity index (χ1) is 13.8. The number of furan rings is 1. The molecular weight excluding hydrogens is 351 g/mol. The quantitative estimate of drug-likeness (QED) is 0.368. The topological polar surface area (TPSA) is 49.8 Å². The monoisotopic (exact) mass is 364 g/mol. The molecule has 0 bridgehead atoms. The van der Waals surface area contributed by atoms with Crippen molar-refractivity contribution in [1.29, 1.82) is 5.26 Å². The average Bonchev–Trinajstić information content (AvgIpc) is 3.13. The zero-order valence-corrected chi connectivity index (χ0v) is 14.7. The van der Waals surface area contributed by atoms with Gasteiger partial charge in [0, 0.05) is 21.9 Å². The van der Waals surface area contributed by atoms with Gasteiger partial charge in [-0.25, -0.2) is 4.39 Å². The highest BCUT2D eigenvalue weighted by Crippen LogP contribution is 2.40. The Morgan fingerprint density at radius 2 is 1.64 bits per heavy atom. The molecule has 0 spiro atoms. The van der Waals surface area contributed by atoms with Crippen LogP contribution in [0, 0.1) is 17.1 Å². The molecule has 0 aliphatic heterocycles. The molecule has 0 atom stereocenters. The lowest BCUT2D eigenvalue weighted by Gasteiger charge is -2.05. The Hall–Kier alpha value is -3.97. The number of hydrogen-bond acceptors (Lipinski definition) is 3. The lowest BCUT2D eigenvalue weighted by molar-refractivity contribution is 0.621. The van der Waals surface area contributed by atoms with Gasteiger partial charge in [-0.2, -0.15) is 5.26 Å². The predicted molar refractivity (Wildman–Crippen MR) is 107 cm³/mol. The number of halogens is 1. The van der Waals surface area contributed by atoms with Gasteiger partial charge in [-0.3, -0.25) is 4.98 Å². The average molecular weight is 364 g/mol. The van der Waals surface area contributed by atoms with Crippen molar-refractivity contribution in [2.24, 2.45) is 0 Å². The molecule has 0 saturated carbocycles. The van der Waals surface area contributed by atoms with Gasteiger partial charge in [-0.1, -0.05) is 42.5 Å². The minimum Gasteiger partial charge on any atom is -0.455 e. The summed E-state index contributed by atoms with van der Waals surface area (Å²) < 4.78 is 19.6. The second kappa shape index (κ2) is 6.33. The number of pyridine rings is 1. The number of aromatic nitrogens is 1. The summed E-state index contributed by atoms with van der Waals surface area (Å²) in [6.07, 6.45) is 1.19. The van der Waals surface area contributed by atoms with Crippen molar-refractivity contribution < 1.29 is 8.81 Å². The fourth-order valence-corrected chi connectivity index (χ4v) is 3.58. The summed E-state index contributed by atoms with van der Waals surface area (Å²) in [5.74, 6) is -0.384. The van der Waals surface area contributed by atoms with E-state index in [1.165, 1.54) is 12.3 Å². The van der Waals surface area contributed by atoms with Gasteiger partial charge in [0.05, 0.1) is 23.5 Å². The third-order valence-corrected chi connectivity index (χ3v) is 4.85. The first-order valence-electron chi connectivity index (χ1n) is 8.82. The molecular formula is C24H13FN2O. The van der Waals surface area contributed by atoms with Gasteiger partial charge in [-0.15, -0.1) is 0 Å². The molecule has 3 aromatic carbocycles. The molecule has 0 unspecified atom stereocenters. The van der Waals surface area contributed by atoms with Crippen LogP contribution in [-0.2, 0) is 0 Å². The highest BCUT2D eigenvalue weighted by Gasteiger charge is 2.18. The van der Waals surface area contributed by atoms with Crippen molar-refractivity contribution in [3.8, 4) is 28.5 Å². The van der Waals surface area contributed by atoms with Gasteiger partial charge in [0.1, 0.15) is 17.0 Å². The van der Waals surface area contributed by atoms with Crippen LogP contribution in [0.15, 0.2) is 83.4 Å². The van der Waals surface area contributed by atoms with E-state index in [9.17, 15) is 9.65 Å². The van der Waals surface area contributed by atoms with Crippen LogP contribution in [-0.4, -0.2) is 4.98 Å². The van der Waals surface area contributed by atoms with Crippen LogP contribution >= 0.6 is 0 Å². The van der Waals surface area contributed by atoms with Gasteiger partial charge >= 0.3 is 0 Å². The van der Waals surface area contributed by atoms with Crippen molar-refractivity contribution in [2.45, 2.75) is 0 Å². The summed E-state index contributed by atoms with van der Waals surface area (Å²) in [6, 6.07) is 24.6. The van der Waals surface area contributed by atoms with Crippen LogP contribution < -0.4 is 0 Å². The van der Waals surface area contributed by atoms with E-state index in [0.29, 0.717) is 22.4 Å². The number of fused-ring (bicyclic) bond motifs is 3. The van der Waals surface area contributed by atoms with Crippen molar-refractivity contribution in [3.63, 3.8) is 0 Å². The molecule has 2 heterocycles. The minimum absolute atomic E-state index is 0.384. The van der Waals surface area contributed by atoms with Crippen LogP contribution in [0.5, 0.6) is 0 Å². The third kappa shape index (κ3) is 2.45. The first-order valence-corrected chi connectivity index (χ1v) is 8.82. The molecule has 132 valence electrons. The van der Waals surface area contributed by atoms with Gasteiger partial charge in [0.2, 0.25) is 0 Å². The molecule has 4 heteroatoms. The molecule has 0 aliphatic rings. The molecule has 5 rings (SSSR count). The lowest BCUT2D eigenvalue weighted by Crippen LogP contribution is -1.85. The molecule has 5 aromatic rings. The van der Waals surface area contributed by atoms with E-state index in [4.69, 9.17) is 4.42 Å². The van der Waals surface area contributed by atoms with Crippen molar-refractivity contribution in [1.82, 2.24) is 4.98 Å². The first kappa shape index (κ1) is 16.2. The summed E-state index contributed by atoms with van der Waals surface area (Å²) in [5, 5.41) is 11.5. The Labute approximate surface area is 160 Å². The Balaban J connectivity index is 1.87. The second-order valence-corrected chi connectivity index (χ2v) is 6.49. The van der Waals surface area contributed by atoms with E-state index in [0.717, 1.165) is 27.5 Å². The molecule has 3 nitrogen and oxygen atoms in total. The fraction of sp³-hybridized carbons (Fsp3) is 0. The Morgan fingerprint density at radius 3 is 2.39 bits per heavy atom. The summed E-state index contributed by atoms with van der Waals surface area (Å²) in [6.45, 7) is 0. The van der Waals surface area contributed by atoms with Crippen LogP contribution in [0.4, 0.5) is 4.39 Å². The van der Waals surface area contributed by atoms with Gasteiger partial charge in [0.25, 0.3) is 0 Å². The maximum Gasteiger partial charge on any atom is 0.144 e. The highest BCUT2D eigenvalue weighted by atomic mass is 19.1. The van der Waals surface area contributed by atoms with Crippen LogP contribution in [0.2, 0.25) is 0 Å². The van der Waals surface area contributed by atoms with Crippen molar-refractivity contribution in [3.05, 3.63) is 90.4 Å². The molecule has 2 aromatic heterocycles. The zero-order valence-electron chi connectivity index (χ0n) is 14.7. The molecule has 0 fully saturated rings. The summed E-state index contributed by atoms with van der Waals surface area (Å²) in [4.78, 5) is 4.20. The smallest absolute Gasteiger partial charge is 0.144 e. The standard InChI is InChI=1S/C24H13FN2O/c25-17-10-12-21(27-14-17)20-8-4-7-18-19-11-9-16(13-26)22(24(19)28-23(18)20)15-5-2-1-3-6-15/h1-12,14H. The third-order valence-electron chi connectivity index (χ3n) is 4.85. The predicted octanol–water partition coefficient (Wildman–Crippen LogP) is 6.33. The zero-order chi connectivity index (χ0) is 19.1. The van der Waals surface area contributed by atoms with Gasteiger partial charge < -0.3 is 4.42 Å². The normalized spacial score (nSPS) is 11.0. The Bertz CT molecular complexity index is 1360. The summed E-state index contributed by atoms with van der Waals surface area (Å²) in [7, 11) is 0. The van der Waals surface area contributed by atoms with Gasteiger partial charge in [-0.05, 0) is 35.9 Å². The molecule has 0 amide bonds.